The molecule has 3 nitrogen and oxygen atoms in total. The molecule has 0 saturated heterocycles. The minimum Gasteiger partial charge on any atom is -0.466 e. The maximum Gasteiger partial charge on any atom is 0.310 e. The first-order valence-corrected chi connectivity index (χ1v) is 6.67. The van der Waals surface area contributed by atoms with Gasteiger partial charge in [-0.25, -0.2) is 13.8 Å². The van der Waals surface area contributed by atoms with Gasteiger partial charge in [0, 0.05) is 10.9 Å². The molecule has 0 bridgehead atoms. The lowest BCUT2D eigenvalue weighted by Gasteiger charge is -2.11. The van der Waals surface area contributed by atoms with Crippen molar-refractivity contribution in [3.05, 3.63) is 28.0 Å². The van der Waals surface area contributed by atoms with Gasteiger partial charge in [0.25, 0.3) is 6.43 Å². The summed E-state index contributed by atoms with van der Waals surface area (Å²) >= 11 is 9.00. The fourth-order valence-electron chi connectivity index (χ4n) is 1.39. The van der Waals surface area contributed by atoms with Gasteiger partial charge in [-0.3, -0.25) is 4.79 Å². The second kappa shape index (κ2) is 6.99. The molecule has 1 rings (SSSR count). The molecule has 0 amide bonds. The molecule has 1 aromatic heterocycles. The van der Waals surface area contributed by atoms with E-state index in [1.54, 1.807) is 6.92 Å². The maximum absolute atomic E-state index is 12.6. The minimum atomic E-state index is -2.70. The summed E-state index contributed by atoms with van der Waals surface area (Å²) < 4.78 is 29.9. The summed E-state index contributed by atoms with van der Waals surface area (Å²) in [5, 5.41) is 0.222. The number of alkyl halides is 3. The first-order valence-electron chi connectivity index (χ1n) is 5.17. The zero-order valence-corrected chi connectivity index (χ0v) is 11.9. The molecule has 100 valence electrons. The number of nitrogens with zero attached hydrogens (tertiary/aromatic N) is 1. The van der Waals surface area contributed by atoms with Gasteiger partial charge < -0.3 is 4.74 Å². The van der Waals surface area contributed by atoms with Crippen LogP contribution in [0.5, 0.6) is 0 Å². The molecule has 7 heteroatoms. The zero-order chi connectivity index (χ0) is 13.7. The minimum absolute atomic E-state index is 0.0792. The van der Waals surface area contributed by atoms with Crippen LogP contribution in [0.3, 0.4) is 0 Å². The van der Waals surface area contributed by atoms with Gasteiger partial charge in [0.15, 0.2) is 0 Å². The second-order valence-electron chi connectivity index (χ2n) is 3.39. The zero-order valence-electron chi connectivity index (χ0n) is 9.55. The van der Waals surface area contributed by atoms with Crippen molar-refractivity contribution in [2.24, 2.45) is 0 Å². The molecule has 0 fully saturated rings. The van der Waals surface area contributed by atoms with Crippen molar-refractivity contribution in [2.75, 3.05) is 6.61 Å². The smallest absolute Gasteiger partial charge is 0.310 e. The van der Waals surface area contributed by atoms with Gasteiger partial charge in [-0.2, -0.15) is 0 Å². The Balaban J connectivity index is 3.07. The van der Waals surface area contributed by atoms with Crippen LogP contribution in [-0.2, 0) is 21.3 Å². The summed E-state index contributed by atoms with van der Waals surface area (Å²) in [6.07, 6.45) is -2.78. The fourth-order valence-corrected chi connectivity index (χ4v) is 2.17. The number of halogens is 4. The standard InChI is InChI=1S/C11H11BrClF2NO2/c1-2-18-9(17)4-7-6(5-12)3-8(11(14)15)16-10(7)13/h3,11H,2,4-5H2,1H3. The lowest BCUT2D eigenvalue weighted by molar-refractivity contribution is -0.142. The lowest BCUT2D eigenvalue weighted by Crippen LogP contribution is -2.11. The number of hydrogen-bond donors (Lipinski definition) is 0. The number of aromatic nitrogens is 1. The Labute approximate surface area is 117 Å². The van der Waals surface area contributed by atoms with Crippen molar-refractivity contribution in [2.45, 2.75) is 25.1 Å². The highest BCUT2D eigenvalue weighted by Crippen LogP contribution is 2.27. The van der Waals surface area contributed by atoms with Crippen molar-refractivity contribution in [3.63, 3.8) is 0 Å². The van der Waals surface area contributed by atoms with E-state index in [2.05, 4.69) is 20.9 Å². The van der Waals surface area contributed by atoms with Crippen LogP contribution in [0.4, 0.5) is 8.78 Å². The van der Waals surface area contributed by atoms with Gasteiger partial charge in [0.05, 0.1) is 13.0 Å². The Kier molecular flexibility index (Phi) is 5.95. The van der Waals surface area contributed by atoms with E-state index in [1.165, 1.54) is 6.07 Å². The van der Waals surface area contributed by atoms with E-state index in [9.17, 15) is 13.6 Å². The van der Waals surface area contributed by atoms with Crippen LogP contribution in [0.15, 0.2) is 6.07 Å². The van der Waals surface area contributed by atoms with Gasteiger partial charge in [-0.05, 0) is 18.6 Å². The van der Waals surface area contributed by atoms with Gasteiger partial charge in [0.1, 0.15) is 10.8 Å². The second-order valence-corrected chi connectivity index (χ2v) is 4.31. The van der Waals surface area contributed by atoms with Crippen molar-refractivity contribution in [3.8, 4) is 0 Å². The Hall–Kier alpha value is -0.750. The van der Waals surface area contributed by atoms with Gasteiger partial charge in [0.2, 0.25) is 0 Å². The Morgan fingerprint density at radius 1 is 1.61 bits per heavy atom. The van der Waals surface area contributed by atoms with Crippen LogP contribution in [0.1, 0.15) is 30.2 Å². The number of carbonyl (C=O) groups excluding carboxylic acids is 1. The number of carbonyl (C=O) groups is 1. The number of ether oxygens (including phenoxy) is 1. The topological polar surface area (TPSA) is 39.2 Å². The van der Waals surface area contributed by atoms with Crippen LogP contribution in [0.2, 0.25) is 5.15 Å². The maximum atomic E-state index is 12.6. The summed E-state index contributed by atoms with van der Waals surface area (Å²) in [7, 11) is 0. The Morgan fingerprint density at radius 3 is 2.78 bits per heavy atom. The van der Waals surface area contributed by atoms with E-state index in [1.807, 2.05) is 0 Å². The van der Waals surface area contributed by atoms with Gasteiger partial charge in [-0.1, -0.05) is 27.5 Å². The van der Waals surface area contributed by atoms with Gasteiger partial charge >= 0.3 is 5.97 Å². The fraction of sp³-hybridized carbons (Fsp3) is 0.455. The Morgan fingerprint density at radius 2 is 2.28 bits per heavy atom. The normalized spacial score (nSPS) is 10.8. The summed E-state index contributed by atoms with van der Waals surface area (Å²) in [6.45, 7) is 1.94. The summed E-state index contributed by atoms with van der Waals surface area (Å²) in [5.41, 5.74) is 0.525. The van der Waals surface area contributed by atoms with E-state index in [-0.39, 0.29) is 18.2 Å². The van der Waals surface area contributed by atoms with Crippen LogP contribution >= 0.6 is 27.5 Å². The molecule has 0 radical (unpaired) electrons. The predicted molar refractivity (Wildman–Crippen MR) is 67.2 cm³/mol. The molecule has 0 aliphatic carbocycles. The lowest BCUT2D eigenvalue weighted by atomic mass is 10.1. The predicted octanol–water partition coefficient (Wildman–Crippen LogP) is 3.67. The van der Waals surface area contributed by atoms with E-state index >= 15 is 0 Å². The molecule has 0 saturated carbocycles. The molecular formula is C11H11BrClF2NO2. The number of esters is 1. The SMILES string of the molecule is CCOC(=O)Cc1c(CBr)cc(C(F)F)nc1Cl. The number of rotatable bonds is 5. The monoisotopic (exact) mass is 341 g/mol. The number of pyridine rings is 1. The van der Waals surface area contributed by atoms with E-state index in [0.717, 1.165) is 0 Å². The van der Waals surface area contributed by atoms with Crippen molar-refractivity contribution in [1.29, 1.82) is 0 Å². The largest absolute Gasteiger partial charge is 0.466 e. The average molecular weight is 343 g/mol. The third-order valence-electron chi connectivity index (χ3n) is 2.18. The molecule has 0 N–H and O–H groups in total. The van der Waals surface area contributed by atoms with Crippen LogP contribution in [0, 0.1) is 0 Å². The molecule has 0 aromatic carbocycles. The average Bonchev–Trinajstić information content (AvgIpc) is 2.31. The summed E-state index contributed by atoms with van der Waals surface area (Å²) in [4.78, 5) is 15.0. The molecule has 0 unspecified atom stereocenters. The van der Waals surface area contributed by atoms with E-state index in [0.29, 0.717) is 16.5 Å². The molecule has 0 spiro atoms. The van der Waals surface area contributed by atoms with Crippen LogP contribution in [-0.4, -0.2) is 17.6 Å². The quantitative estimate of drug-likeness (QED) is 0.465. The molecule has 0 aliphatic rings. The third kappa shape index (κ3) is 3.88. The molecular weight excluding hydrogens is 331 g/mol. The first kappa shape index (κ1) is 15.3. The molecule has 0 atom stereocenters. The van der Waals surface area contributed by atoms with Crippen molar-refractivity contribution >= 4 is 33.5 Å². The molecule has 18 heavy (non-hydrogen) atoms. The van der Waals surface area contributed by atoms with Crippen LogP contribution < -0.4 is 0 Å². The summed E-state index contributed by atoms with van der Waals surface area (Å²) in [6, 6.07) is 1.24. The molecule has 1 heterocycles. The van der Waals surface area contributed by atoms with Gasteiger partial charge in [-0.15, -0.1) is 0 Å². The third-order valence-corrected chi connectivity index (χ3v) is 3.10. The first-order chi connectivity index (χ1) is 8.49. The van der Waals surface area contributed by atoms with E-state index < -0.39 is 18.1 Å². The van der Waals surface area contributed by atoms with E-state index in [4.69, 9.17) is 16.3 Å². The highest BCUT2D eigenvalue weighted by Gasteiger charge is 2.18. The molecule has 1 aromatic rings. The summed E-state index contributed by atoms with van der Waals surface area (Å²) in [5.74, 6) is -0.465. The highest BCUT2D eigenvalue weighted by atomic mass is 79.9. The van der Waals surface area contributed by atoms with Crippen molar-refractivity contribution in [1.82, 2.24) is 4.98 Å². The molecule has 0 aliphatic heterocycles. The van der Waals surface area contributed by atoms with Crippen LogP contribution in [0.25, 0.3) is 0 Å². The van der Waals surface area contributed by atoms with Crippen molar-refractivity contribution < 1.29 is 18.3 Å². The Bertz CT molecular complexity index is 443. The highest BCUT2D eigenvalue weighted by molar-refractivity contribution is 9.08. The number of hydrogen-bond acceptors (Lipinski definition) is 3.